The quantitative estimate of drug-likeness (QED) is 0.0581. The van der Waals surface area contributed by atoms with Crippen LogP contribution in [0.2, 0.25) is 0 Å². The predicted octanol–water partition coefficient (Wildman–Crippen LogP) is 12.6. The van der Waals surface area contributed by atoms with Crippen LogP contribution in [0.1, 0.15) is 64.2 Å². The van der Waals surface area contributed by atoms with Gasteiger partial charge in [0, 0.05) is 49.0 Å². The number of fused-ring (bicyclic) bond motifs is 4. The van der Waals surface area contributed by atoms with E-state index in [-0.39, 0.29) is 50.4 Å². The number of hydrogen-bond donors (Lipinski definition) is 1. The Kier molecular flexibility index (Phi) is 13.7. The molecular formula is C40H39F9IrNO2S-. The van der Waals surface area contributed by atoms with E-state index in [9.17, 15) is 44.3 Å². The minimum Gasteiger partial charge on any atom is -0.504 e. The minimum absolute atomic E-state index is 0. The molecule has 0 bridgehead atoms. The molecule has 3 aromatic carbocycles. The molecule has 5 aromatic rings. The van der Waals surface area contributed by atoms with Crippen molar-refractivity contribution in [3.05, 3.63) is 103 Å². The summed E-state index contributed by atoms with van der Waals surface area (Å²) < 4.78 is 118. The fourth-order valence-corrected chi connectivity index (χ4v) is 7.56. The Morgan fingerprint density at radius 2 is 1.41 bits per heavy atom. The number of rotatable bonds is 7. The first-order valence-corrected chi connectivity index (χ1v) is 17.4. The van der Waals surface area contributed by atoms with Crippen molar-refractivity contribution >= 4 is 48.1 Å². The van der Waals surface area contributed by atoms with E-state index in [4.69, 9.17) is 5.11 Å². The fourth-order valence-electron chi connectivity index (χ4n) is 6.16. The molecule has 0 fully saturated rings. The second-order valence-electron chi connectivity index (χ2n) is 14.3. The number of halogens is 9. The molecule has 2 aromatic heterocycles. The van der Waals surface area contributed by atoms with Gasteiger partial charge in [-0.1, -0.05) is 82.0 Å². The van der Waals surface area contributed by atoms with Crippen molar-refractivity contribution in [1.29, 1.82) is 0 Å². The fraction of sp³-hybridized carbons (Fsp3) is 0.350. The molecular weight excluding hydrogens is 922 g/mol. The van der Waals surface area contributed by atoms with Gasteiger partial charge in [0.25, 0.3) is 0 Å². The summed E-state index contributed by atoms with van der Waals surface area (Å²) >= 11 is 1.37. The van der Waals surface area contributed by atoms with Gasteiger partial charge in [0.15, 0.2) is 11.7 Å². The summed E-state index contributed by atoms with van der Waals surface area (Å²) in [7, 11) is 4.21. The molecule has 1 radical (unpaired) electrons. The Morgan fingerprint density at radius 1 is 0.852 bits per heavy atom. The summed E-state index contributed by atoms with van der Waals surface area (Å²) in [6.45, 7) is 14.2. The van der Waals surface area contributed by atoms with Crippen molar-refractivity contribution in [1.82, 2.24) is 0 Å². The van der Waals surface area contributed by atoms with E-state index in [0.29, 0.717) is 10.3 Å². The molecule has 0 saturated carbocycles. The summed E-state index contributed by atoms with van der Waals surface area (Å²) in [6.07, 6.45) is -14.9. The number of carbonyl (C=O) groups is 1. The SMILES string of the molecule is CC(C)CC(=O)/C=C(\O)C(F)(F)F.[CH2-]c1c(-c2c3sc4c(CCC(C(F)(F)F)C(F)(F)F)cccc4c3cc[n+]2[CH2-])cc(C(C)(C)C)c2ccccc12.[Ir]. The largest absolute Gasteiger partial charge is 0.504 e. The van der Waals surface area contributed by atoms with Crippen molar-refractivity contribution < 1.29 is 74.1 Å². The van der Waals surface area contributed by atoms with Gasteiger partial charge >= 0.3 is 18.5 Å². The second kappa shape index (κ2) is 16.5. The summed E-state index contributed by atoms with van der Waals surface area (Å²) in [5.41, 5.74) is 3.92. The zero-order chi connectivity index (χ0) is 39.8. The first-order chi connectivity index (χ1) is 24.3. The first-order valence-electron chi connectivity index (χ1n) is 16.5. The molecule has 54 heavy (non-hydrogen) atoms. The molecule has 0 aliphatic rings. The van der Waals surface area contributed by atoms with Crippen molar-refractivity contribution in [3.63, 3.8) is 0 Å². The zero-order valence-corrected chi connectivity index (χ0v) is 33.2. The Morgan fingerprint density at radius 3 is 1.94 bits per heavy atom. The number of hydrogen-bond acceptors (Lipinski definition) is 3. The van der Waals surface area contributed by atoms with Crippen LogP contribution in [0.15, 0.2) is 72.6 Å². The van der Waals surface area contributed by atoms with Crippen LogP contribution in [0.3, 0.4) is 0 Å². The van der Waals surface area contributed by atoms with Crippen LogP contribution in [-0.4, -0.2) is 29.4 Å². The third kappa shape index (κ3) is 10.1. The molecule has 0 aliphatic heterocycles. The van der Waals surface area contributed by atoms with Crippen LogP contribution in [0.5, 0.6) is 0 Å². The van der Waals surface area contributed by atoms with E-state index in [2.05, 4.69) is 46.9 Å². The minimum atomic E-state index is -5.36. The Bertz CT molecular complexity index is 2140. The zero-order valence-electron chi connectivity index (χ0n) is 30.0. The molecule has 295 valence electrons. The molecule has 0 saturated heterocycles. The van der Waals surface area contributed by atoms with Crippen molar-refractivity contribution in [2.75, 3.05) is 0 Å². The molecule has 0 spiro atoms. The van der Waals surface area contributed by atoms with Gasteiger partial charge in [0.1, 0.15) is 0 Å². The summed E-state index contributed by atoms with van der Waals surface area (Å²) in [5, 5.41) is 12.2. The Labute approximate surface area is 325 Å². The third-order valence-electron chi connectivity index (χ3n) is 8.67. The number of nitrogens with zero attached hydrogens (tertiary/aromatic N) is 1. The van der Waals surface area contributed by atoms with Crippen LogP contribution < -0.4 is 4.57 Å². The smallest absolute Gasteiger partial charge is 0.448 e. The molecule has 14 heteroatoms. The van der Waals surface area contributed by atoms with Crippen LogP contribution in [-0.2, 0) is 36.7 Å². The van der Waals surface area contributed by atoms with E-state index in [1.54, 1.807) is 30.5 Å². The van der Waals surface area contributed by atoms with E-state index in [1.807, 2.05) is 36.5 Å². The van der Waals surface area contributed by atoms with Gasteiger partial charge in [-0.15, -0.1) is 34.4 Å². The first kappa shape index (κ1) is 44.7. The molecule has 0 unspecified atom stereocenters. The number of allylic oxidation sites excluding steroid dienone is 2. The number of pyridine rings is 1. The molecule has 3 nitrogen and oxygen atoms in total. The number of thiophene rings is 1. The van der Waals surface area contributed by atoms with Gasteiger partial charge < -0.3 is 9.67 Å². The van der Waals surface area contributed by atoms with Gasteiger partial charge in [-0.3, -0.25) is 4.79 Å². The topological polar surface area (TPSA) is 41.2 Å². The van der Waals surface area contributed by atoms with Gasteiger partial charge in [-0.05, 0) is 46.6 Å². The number of aliphatic hydroxyl groups excluding tert-OH is 1. The number of ketones is 1. The molecule has 0 atom stereocenters. The number of carbonyl (C=O) groups excluding carboxylic acids is 1. The van der Waals surface area contributed by atoms with Crippen LogP contribution in [0.25, 0.3) is 42.2 Å². The van der Waals surface area contributed by atoms with E-state index in [0.717, 1.165) is 48.6 Å². The molecule has 5 rings (SSSR count). The molecule has 0 aliphatic carbocycles. The number of aliphatic hydroxyl groups is 1. The normalized spacial score (nSPS) is 13.1. The molecule has 2 heterocycles. The third-order valence-corrected chi connectivity index (χ3v) is 9.97. The van der Waals surface area contributed by atoms with Crippen molar-refractivity contribution in [2.45, 2.75) is 77.8 Å². The predicted molar refractivity (Wildman–Crippen MR) is 192 cm³/mol. The van der Waals surface area contributed by atoms with Gasteiger partial charge in [0.05, 0.1) is 11.9 Å². The Balaban J connectivity index is 0.000000481. The summed E-state index contributed by atoms with van der Waals surface area (Å²) in [4.78, 5) is 10.8. The maximum Gasteiger partial charge on any atom is 0.448 e. The maximum atomic E-state index is 13.2. The van der Waals surface area contributed by atoms with E-state index < -0.39 is 42.4 Å². The van der Waals surface area contributed by atoms with Crippen LogP contribution >= 0.6 is 11.3 Å². The van der Waals surface area contributed by atoms with Crippen molar-refractivity contribution in [3.8, 4) is 11.3 Å². The summed E-state index contributed by atoms with van der Waals surface area (Å²) in [6, 6.07) is 17.2. The number of aromatic nitrogens is 1. The average molecular weight is 961 g/mol. The maximum absolute atomic E-state index is 13.2. The summed E-state index contributed by atoms with van der Waals surface area (Å²) in [5.74, 6) is -5.95. The van der Waals surface area contributed by atoms with E-state index in [1.165, 1.54) is 11.3 Å². The van der Waals surface area contributed by atoms with Gasteiger partial charge in [0.2, 0.25) is 5.76 Å². The molecule has 1 N–H and O–H groups in total. The average Bonchev–Trinajstić information content (AvgIpc) is 3.39. The monoisotopic (exact) mass is 961 g/mol. The standard InChI is InChI=1S/C32H28F6NS.C8H11F3O2.Ir/c1-18-20-10-6-7-11-21(20)25(30(2,3)4)17-24(18)27-29-23(15-16-39(27)5)22-12-8-9-19(28(22)40-29)13-14-26(31(33,34)35)32(36,37)38;1-5(2)3-6(12)4-7(13)8(9,10)11;/h6-12,15-17,26H,1,5,13-14H2,2-4H3;4-5,13H,3H2,1-2H3;/q-1;;/b;7-4-;. The van der Waals surface area contributed by atoms with E-state index >= 15 is 0 Å². The second-order valence-corrected chi connectivity index (χ2v) is 15.3. The molecule has 0 amide bonds. The van der Waals surface area contributed by atoms with Gasteiger partial charge in [-0.2, -0.15) is 52.0 Å². The van der Waals surface area contributed by atoms with Gasteiger partial charge in [-0.25, -0.2) is 0 Å². The van der Waals surface area contributed by atoms with Crippen molar-refractivity contribution in [2.24, 2.45) is 11.8 Å². The van der Waals surface area contributed by atoms with Crippen LogP contribution in [0.4, 0.5) is 39.5 Å². The van der Waals surface area contributed by atoms with Crippen LogP contribution in [0, 0.1) is 25.8 Å². The number of aryl methyl sites for hydroxylation is 1. The Hall–Kier alpha value is -3.74. The number of alkyl halides is 9. The number of benzene rings is 3.